The second-order valence-corrected chi connectivity index (χ2v) is 3.75. The quantitative estimate of drug-likeness (QED) is 0.593. The zero-order chi connectivity index (χ0) is 10.8. The Kier molecular flexibility index (Phi) is 7.83. The van der Waals surface area contributed by atoms with E-state index in [1.807, 2.05) is 6.92 Å². The average Bonchev–Trinajstić information content (AvgIpc) is 2.29. The van der Waals surface area contributed by atoms with E-state index in [1.54, 1.807) is 0 Å². The number of nitrogens with one attached hydrogen (secondary N) is 1. The normalized spacial score (nSPS) is 18.2. The Bertz CT molecular complexity index is 139. The van der Waals surface area contributed by atoms with E-state index in [1.165, 1.54) is 0 Å². The van der Waals surface area contributed by atoms with Gasteiger partial charge in [-0.05, 0) is 19.9 Å². The first-order chi connectivity index (χ1) is 7.43. The molecule has 0 spiro atoms. The SMILES string of the molecule is CCOCCCNCCN1CCOCC1. The van der Waals surface area contributed by atoms with Gasteiger partial charge in [0.25, 0.3) is 0 Å². The Hall–Kier alpha value is -0.160. The maximum Gasteiger partial charge on any atom is 0.0594 e. The summed E-state index contributed by atoms with van der Waals surface area (Å²) in [6.07, 6.45) is 1.11. The highest BCUT2D eigenvalue weighted by Crippen LogP contribution is 1.94. The van der Waals surface area contributed by atoms with Gasteiger partial charge >= 0.3 is 0 Å². The minimum atomic E-state index is 0.827. The lowest BCUT2D eigenvalue weighted by Crippen LogP contribution is -2.40. The lowest BCUT2D eigenvalue weighted by atomic mass is 10.4. The van der Waals surface area contributed by atoms with Crippen molar-refractivity contribution in [2.45, 2.75) is 13.3 Å². The summed E-state index contributed by atoms with van der Waals surface area (Å²) in [6.45, 7) is 11.0. The van der Waals surface area contributed by atoms with Crippen molar-refractivity contribution in [1.82, 2.24) is 10.2 Å². The van der Waals surface area contributed by atoms with Gasteiger partial charge in [-0.1, -0.05) is 0 Å². The molecular weight excluding hydrogens is 192 g/mol. The molecule has 1 rings (SSSR count). The Morgan fingerprint density at radius 2 is 2.07 bits per heavy atom. The smallest absolute Gasteiger partial charge is 0.0594 e. The lowest BCUT2D eigenvalue weighted by Gasteiger charge is -2.26. The van der Waals surface area contributed by atoms with Gasteiger partial charge in [0, 0.05) is 39.4 Å². The van der Waals surface area contributed by atoms with Crippen LogP contribution in [-0.4, -0.2) is 64.1 Å². The molecule has 1 aliphatic rings. The van der Waals surface area contributed by atoms with E-state index in [9.17, 15) is 0 Å². The van der Waals surface area contributed by atoms with Gasteiger partial charge in [-0.2, -0.15) is 0 Å². The molecular formula is C11H24N2O2. The first-order valence-electron chi connectivity index (χ1n) is 6.02. The van der Waals surface area contributed by atoms with Crippen LogP contribution in [0, 0.1) is 0 Å². The van der Waals surface area contributed by atoms with Crippen LogP contribution in [0.3, 0.4) is 0 Å². The van der Waals surface area contributed by atoms with Crippen molar-refractivity contribution in [1.29, 1.82) is 0 Å². The van der Waals surface area contributed by atoms with Crippen LogP contribution >= 0.6 is 0 Å². The fourth-order valence-electron chi connectivity index (χ4n) is 1.63. The number of morpholine rings is 1. The Morgan fingerprint density at radius 3 is 2.80 bits per heavy atom. The highest BCUT2D eigenvalue weighted by Gasteiger charge is 2.08. The number of ether oxygens (including phenoxy) is 2. The molecule has 1 aliphatic heterocycles. The fourth-order valence-corrected chi connectivity index (χ4v) is 1.63. The molecule has 15 heavy (non-hydrogen) atoms. The molecule has 0 bridgehead atoms. The maximum absolute atomic E-state index is 5.29. The minimum Gasteiger partial charge on any atom is -0.382 e. The minimum absolute atomic E-state index is 0.827. The predicted molar refractivity (Wildman–Crippen MR) is 61.2 cm³/mol. The summed E-state index contributed by atoms with van der Waals surface area (Å²) >= 11 is 0. The van der Waals surface area contributed by atoms with Crippen LogP contribution in [-0.2, 0) is 9.47 Å². The number of rotatable bonds is 8. The molecule has 1 N–H and O–H groups in total. The highest BCUT2D eigenvalue weighted by atomic mass is 16.5. The number of nitrogens with zero attached hydrogens (tertiary/aromatic N) is 1. The van der Waals surface area contributed by atoms with E-state index in [0.717, 1.165) is 65.6 Å². The summed E-state index contributed by atoms with van der Waals surface area (Å²) in [5.41, 5.74) is 0. The Labute approximate surface area is 92.9 Å². The zero-order valence-corrected chi connectivity index (χ0v) is 9.83. The third-order valence-electron chi connectivity index (χ3n) is 2.55. The molecule has 0 saturated carbocycles. The standard InChI is InChI=1S/C11H24N2O2/c1-2-14-9-3-4-12-5-6-13-7-10-15-11-8-13/h12H,2-11H2,1H3. The molecule has 90 valence electrons. The van der Waals surface area contributed by atoms with Crippen LogP contribution in [0.1, 0.15) is 13.3 Å². The third kappa shape index (κ3) is 6.84. The summed E-state index contributed by atoms with van der Waals surface area (Å²) in [5, 5.41) is 3.43. The summed E-state index contributed by atoms with van der Waals surface area (Å²) in [5.74, 6) is 0. The van der Waals surface area contributed by atoms with Crippen molar-refractivity contribution in [3.05, 3.63) is 0 Å². The number of hydrogen-bond acceptors (Lipinski definition) is 4. The zero-order valence-electron chi connectivity index (χ0n) is 9.83. The van der Waals surface area contributed by atoms with Gasteiger partial charge < -0.3 is 14.8 Å². The van der Waals surface area contributed by atoms with Crippen LogP contribution < -0.4 is 5.32 Å². The highest BCUT2D eigenvalue weighted by molar-refractivity contribution is 4.62. The molecule has 4 nitrogen and oxygen atoms in total. The van der Waals surface area contributed by atoms with E-state index in [0.29, 0.717) is 0 Å². The average molecular weight is 216 g/mol. The first kappa shape index (κ1) is 12.9. The summed E-state index contributed by atoms with van der Waals surface area (Å²) in [7, 11) is 0. The summed E-state index contributed by atoms with van der Waals surface area (Å²) < 4.78 is 10.6. The van der Waals surface area contributed by atoms with Gasteiger partial charge in [0.15, 0.2) is 0 Å². The van der Waals surface area contributed by atoms with Gasteiger partial charge in [0.05, 0.1) is 13.2 Å². The maximum atomic E-state index is 5.29. The molecule has 0 amide bonds. The van der Waals surface area contributed by atoms with Gasteiger partial charge in [0.2, 0.25) is 0 Å². The topological polar surface area (TPSA) is 33.7 Å². The third-order valence-corrected chi connectivity index (χ3v) is 2.55. The van der Waals surface area contributed by atoms with E-state index >= 15 is 0 Å². The van der Waals surface area contributed by atoms with Crippen molar-refractivity contribution in [3.8, 4) is 0 Å². The lowest BCUT2D eigenvalue weighted by molar-refractivity contribution is 0.0384. The summed E-state index contributed by atoms with van der Waals surface area (Å²) in [6, 6.07) is 0. The molecule has 0 aromatic rings. The molecule has 0 atom stereocenters. The van der Waals surface area contributed by atoms with Crippen LogP contribution in [0.2, 0.25) is 0 Å². The second kappa shape index (κ2) is 9.09. The molecule has 1 saturated heterocycles. The van der Waals surface area contributed by atoms with E-state index in [4.69, 9.17) is 9.47 Å². The number of hydrogen-bond donors (Lipinski definition) is 1. The molecule has 0 unspecified atom stereocenters. The van der Waals surface area contributed by atoms with Gasteiger partial charge in [0.1, 0.15) is 0 Å². The van der Waals surface area contributed by atoms with Gasteiger partial charge in [-0.15, -0.1) is 0 Å². The van der Waals surface area contributed by atoms with Gasteiger partial charge in [-0.25, -0.2) is 0 Å². The Morgan fingerprint density at radius 1 is 1.27 bits per heavy atom. The molecule has 0 aromatic carbocycles. The predicted octanol–water partition coefficient (Wildman–Crippen LogP) is 0.335. The van der Waals surface area contributed by atoms with Crippen LogP contribution in [0.15, 0.2) is 0 Å². The van der Waals surface area contributed by atoms with Crippen molar-refractivity contribution in [2.24, 2.45) is 0 Å². The molecule has 1 heterocycles. The molecule has 1 fully saturated rings. The van der Waals surface area contributed by atoms with Crippen molar-refractivity contribution in [2.75, 3.05) is 59.2 Å². The van der Waals surface area contributed by atoms with E-state index in [2.05, 4.69) is 10.2 Å². The van der Waals surface area contributed by atoms with Crippen molar-refractivity contribution >= 4 is 0 Å². The van der Waals surface area contributed by atoms with Crippen LogP contribution in [0.5, 0.6) is 0 Å². The second-order valence-electron chi connectivity index (χ2n) is 3.75. The monoisotopic (exact) mass is 216 g/mol. The summed E-state index contributed by atoms with van der Waals surface area (Å²) in [4.78, 5) is 2.44. The Balaban J connectivity index is 1.79. The molecule has 0 radical (unpaired) electrons. The largest absolute Gasteiger partial charge is 0.382 e. The van der Waals surface area contributed by atoms with Crippen LogP contribution in [0.4, 0.5) is 0 Å². The molecule has 0 aliphatic carbocycles. The fraction of sp³-hybridized carbons (Fsp3) is 1.00. The molecule has 4 heteroatoms. The van der Waals surface area contributed by atoms with Crippen molar-refractivity contribution in [3.63, 3.8) is 0 Å². The van der Waals surface area contributed by atoms with E-state index in [-0.39, 0.29) is 0 Å². The van der Waals surface area contributed by atoms with E-state index < -0.39 is 0 Å². The molecule has 0 aromatic heterocycles. The van der Waals surface area contributed by atoms with Crippen LogP contribution in [0.25, 0.3) is 0 Å². The first-order valence-corrected chi connectivity index (χ1v) is 6.02. The van der Waals surface area contributed by atoms with Gasteiger partial charge in [-0.3, -0.25) is 4.90 Å². The van der Waals surface area contributed by atoms with Crippen molar-refractivity contribution < 1.29 is 9.47 Å².